The van der Waals surface area contributed by atoms with E-state index >= 15 is 0 Å². The highest BCUT2D eigenvalue weighted by Crippen LogP contribution is 2.57. The molecule has 0 saturated carbocycles. The lowest BCUT2D eigenvalue weighted by atomic mass is 9.98. The lowest BCUT2D eigenvalue weighted by Gasteiger charge is -2.35. The number of carboxylic acid groups (broad SMARTS) is 1. The molecule has 0 aromatic heterocycles. The molecule has 19 heavy (non-hydrogen) atoms. The Morgan fingerprint density at radius 1 is 0.737 bits per heavy atom. The monoisotopic (exact) mass is 315 g/mol. The van der Waals surface area contributed by atoms with Crippen LogP contribution >= 0.6 is 0 Å². The molecule has 114 valence electrons. The van der Waals surface area contributed by atoms with Gasteiger partial charge < -0.3 is 5.11 Å². The molecule has 0 unspecified atom stereocenters. The molecule has 0 aliphatic heterocycles. The maximum absolute atomic E-state index is 12.6. The van der Waals surface area contributed by atoms with Gasteiger partial charge in [0.15, 0.2) is 0 Å². The van der Waals surface area contributed by atoms with Crippen LogP contribution in [0.5, 0.6) is 0 Å². The molecule has 0 atom stereocenters. The SMILES string of the molecule is [2H]OC(=O)C(F)(F)C(F)(F)C(F)(F)C(F)(F)C(F)(F)F. The van der Waals surface area contributed by atoms with Crippen LogP contribution < -0.4 is 0 Å². The molecule has 0 radical (unpaired) electrons. The van der Waals surface area contributed by atoms with E-state index in [0.29, 0.717) is 0 Å². The average Bonchev–Trinajstić information content (AvgIpc) is 2.25. The Kier molecular flexibility index (Phi) is 3.40. The number of hydrogen-bond acceptors (Lipinski definition) is 2. The van der Waals surface area contributed by atoms with Crippen molar-refractivity contribution in [1.82, 2.24) is 0 Å². The van der Waals surface area contributed by atoms with E-state index in [4.69, 9.17) is 1.43 Å². The Balaban J connectivity index is 6.00. The summed E-state index contributed by atoms with van der Waals surface area (Å²) in [7, 11) is 0. The van der Waals surface area contributed by atoms with E-state index in [-0.39, 0.29) is 0 Å². The Morgan fingerprint density at radius 3 is 1.37 bits per heavy atom. The van der Waals surface area contributed by atoms with Crippen LogP contribution in [0.25, 0.3) is 1.43 Å². The summed E-state index contributed by atoms with van der Waals surface area (Å²) in [4.78, 5) is 10.0. The summed E-state index contributed by atoms with van der Waals surface area (Å²) in [5.41, 5.74) is 0. The summed E-state index contributed by atoms with van der Waals surface area (Å²) in [5, 5.41) is 2.22. The lowest BCUT2D eigenvalue weighted by molar-refractivity contribution is -0.418. The molecule has 0 saturated heterocycles. The van der Waals surface area contributed by atoms with Gasteiger partial charge in [0.1, 0.15) is 0 Å². The first-order valence-electron chi connectivity index (χ1n) is 4.15. The molecule has 0 aromatic rings. The minimum Gasteiger partial charge on any atom is -0.477 e. The van der Waals surface area contributed by atoms with Crippen LogP contribution in [0.4, 0.5) is 48.3 Å². The van der Waals surface area contributed by atoms with Gasteiger partial charge in [-0.1, -0.05) is 0 Å². The number of aliphatic carboxylic acids is 1. The van der Waals surface area contributed by atoms with Gasteiger partial charge in [-0.2, -0.15) is 48.3 Å². The number of halogens is 11. The third-order valence-corrected chi connectivity index (χ3v) is 1.80. The molecule has 0 bridgehead atoms. The first-order chi connectivity index (χ1) is 8.48. The average molecular weight is 315 g/mol. The standard InChI is InChI=1S/C6HF11O2/c7-2(8,1(18)19)3(9,10)4(11,12)5(13,14)6(15,16)17/h(H,18,19)/i/hD. The van der Waals surface area contributed by atoms with E-state index in [0.717, 1.165) is 0 Å². The molecule has 0 aliphatic carbocycles. The minimum atomic E-state index is -7.68. The second-order valence-corrected chi connectivity index (χ2v) is 3.08. The fraction of sp³-hybridized carbons (Fsp3) is 0.833. The van der Waals surface area contributed by atoms with Gasteiger partial charge in [0.2, 0.25) is 0 Å². The molecule has 0 amide bonds. The number of carboxylic acids is 1. The van der Waals surface area contributed by atoms with E-state index in [9.17, 15) is 53.1 Å². The molecular weight excluding hydrogens is 313 g/mol. The van der Waals surface area contributed by atoms with E-state index in [1.54, 1.807) is 0 Å². The Labute approximate surface area is 96.8 Å². The predicted octanol–water partition coefficient (Wildman–Crippen LogP) is 3.17. The number of rotatable bonds is 4. The highest BCUT2D eigenvalue weighted by atomic mass is 19.4. The molecule has 1 N–H and O–H groups in total. The zero-order chi connectivity index (χ0) is 16.8. The first kappa shape index (κ1) is 15.8. The van der Waals surface area contributed by atoms with Gasteiger partial charge >= 0.3 is 35.8 Å². The minimum absolute atomic E-state index is 2.22. The van der Waals surface area contributed by atoms with Gasteiger partial charge in [-0.15, -0.1) is 0 Å². The third kappa shape index (κ3) is 2.18. The Hall–Kier alpha value is -1.30. The highest BCUT2D eigenvalue weighted by molar-refractivity contribution is 5.77. The van der Waals surface area contributed by atoms with Crippen molar-refractivity contribution in [2.45, 2.75) is 29.9 Å². The third-order valence-electron chi connectivity index (χ3n) is 1.80. The molecule has 0 heterocycles. The molecule has 0 rings (SSSR count). The Bertz CT molecular complexity index is 387. The van der Waals surface area contributed by atoms with Crippen LogP contribution in [0.15, 0.2) is 0 Å². The molecule has 0 aliphatic rings. The molecule has 0 aromatic carbocycles. The van der Waals surface area contributed by atoms with Crippen LogP contribution in [0.3, 0.4) is 0 Å². The lowest BCUT2D eigenvalue weighted by Crippen LogP contribution is -2.68. The van der Waals surface area contributed by atoms with Crippen molar-refractivity contribution >= 4 is 5.97 Å². The largest absolute Gasteiger partial charge is 0.477 e. The number of hydrogen-bond donors (Lipinski definition) is 1. The van der Waals surface area contributed by atoms with E-state index < -0.39 is 35.8 Å². The molecule has 0 spiro atoms. The number of carbonyl (C=O) groups is 1. The molecule has 2 nitrogen and oxygen atoms in total. The van der Waals surface area contributed by atoms with Gasteiger partial charge in [-0.25, -0.2) is 4.79 Å². The normalized spacial score (nSPS) is 16.1. The van der Waals surface area contributed by atoms with Gasteiger partial charge in [-0.05, 0) is 0 Å². The van der Waals surface area contributed by atoms with Gasteiger partial charge in [0.25, 0.3) is 1.43 Å². The first-order valence-corrected chi connectivity index (χ1v) is 3.74. The smallest absolute Gasteiger partial charge is 0.460 e. The zero-order valence-corrected chi connectivity index (χ0v) is 7.97. The van der Waals surface area contributed by atoms with Crippen molar-refractivity contribution in [2.75, 3.05) is 0 Å². The topological polar surface area (TPSA) is 37.3 Å². The van der Waals surface area contributed by atoms with Crippen molar-refractivity contribution in [2.24, 2.45) is 0 Å². The molecule has 13 heteroatoms. The van der Waals surface area contributed by atoms with Crippen molar-refractivity contribution < 1.29 is 58.2 Å². The zero-order valence-electron chi connectivity index (χ0n) is 8.97. The van der Waals surface area contributed by atoms with Crippen molar-refractivity contribution in [1.29, 1.82) is 1.43 Å². The molecule has 0 fully saturated rings. The highest BCUT2D eigenvalue weighted by Gasteiger charge is 2.88. The summed E-state index contributed by atoms with van der Waals surface area (Å²) in [5.74, 6) is -33.3. The van der Waals surface area contributed by atoms with E-state index in [1.807, 2.05) is 0 Å². The van der Waals surface area contributed by atoms with Crippen LogP contribution in [0.2, 0.25) is 0 Å². The van der Waals surface area contributed by atoms with Crippen molar-refractivity contribution in [3.63, 3.8) is 0 Å². The van der Waals surface area contributed by atoms with Gasteiger partial charge in [-0.3, -0.25) is 0 Å². The second-order valence-electron chi connectivity index (χ2n) is 3.08. The summed E-state index contributed by atoms with van der Waals surface area (Å²) in [6.45, 7) is 0. The van der Waals surface area contributed by atoms with Crippen LogP contribution in [-0.2, 0) is 4.79 Å². The summed E-state index contributed by atoms with van der Waals surface area (Å²) in [6.07, 6.45) is -7.30. The van der Waals surface area contributed by atoms with E-state index in [1.165, 1.54) is 0 Å². The predicted molar refractivity (Wildman–Crippen MR) is 33.5 cm³/mol. The summed E-state index contributed by atoms with van der Waals surface area (Å²) in [6, 6.07) is 0. The number of alkyl halides is 11. The molecular formula is C6HF11O2. The fourth-order valence-electron chi connectivity index (χ4n) is 0.701. The van der Waals surface area contributed by atoms with Crippen molar-refractivity contribution in [3.05, 3.63) is 0 Å². The maximum atomic E-state index is 12.6. The van der Waals surface area contributed by atoms with Crippen LogP contribution in [-0.4, -0.2) is 40.9 Å². The Morgan fingerprint density at radius 2 is 1.11 bits per heavy atom. The van der Waals surface area contributed by atoms with Crippen LogP contribution in [0.1, 0.15) is 0 Å². The van der Waals surface area contributed by atoms with Crippen LogP contribution in [0, 0.1) is 0 Å². The summed E-state index contributed by atoms with van der Waals surface area (Å²) >= 11 is 0. The fourth-order valence-corrected chi connectivity index (χ4v) is 0.701. The second kappa shape index (κ2) is 4.10. The van der Waals surface area contributed by atoms with Gasteiger partial charge in [0.05, 0.1) is 0 Å². The van der Waals surface area contributed by atoms with Crippen molar-refractivity contribution in [3.8, 4) is 0 Å². The van der Waals surface area contributed by atoms with E-state index in [2.05, 4.69) is 5.11 Å². The van der Waals surface area contributed by atoms with Gasteiger partial charge in [0, 0.05) is 0 Å². The quantitative estimate of drug-likeness (QED) is 0.809. The maximum Gasteiger partial charge on any atom is 0.460 e. The summed E-state index contributed by atoms with van der Waals surface area (Å²) < 4.78 is 140.